The lowest BCUT2D eigenvalue weighted by atomic mass is 10.6. The van der Waals surface area contributed by atoms with Crippen molar-refractivity contribution in [3.05, 3.63) is 0 Å². The van der Waals surface area contributed by atoms with E-state index in [1.165, 1.54) is 13.5 Å². The molecule has 0 fully saturated rings. The second kappa shape index (κ2) is 8.25. The maximum atomic E-state index is 10.4. The van der Waals surface area contributed by atoms with Gasteiger partial charge in [0, 0.05) is 13.3 Å². The number of rotatable bonds is 3. The maximum absolute atomic E-state index is 10.4. The van der Waals surface area contributed by atoms with Crippen molar-refractivity contribution in [1.82, 2.24) is 0 Å². The van der Waals surface area contributed by atoms with Crippen LogP contribution >= 0.6 is 7.60 Å². The van der Waals surface area contributed by atoms with Crippen molar-refractivity contribution in [3.8, 4) is 0 Å². The van der Waals surface area contributed by atoms with Crippen molar-refractivity contribution in [1.29, 1.82) is 0 Å². The smallest absolute Gasteiger partial charge is 0.134 e. The Morgan fingerprint density at radius 2 is 1.73 bits per heavy atom. The SMILES string of the molecule is CCC.CCCP(=O)([O-])OC. The second-order valence-electron chi connectivity index (χ2n) is 2.22. The molecule has 1 atom stereocenters. The Balaban J connectivity index is 0. The van der Waals surface area contributed by atoms with Crippen LogP contribution in [0.1, 0.15) is 33.6 Å². The number of hydrogen-bond donors (Lipinski definition) is 0. The van der Waals surface area contributed by atoms with E-state index in [2.05, 4.69) is 18.4 Å². The summed E-state index contributed by atoms with van der Waals surface area (Å²) in [5.74, 6) is 0. The van der Waals surface area contributed by atoms with Gasteiger partial charge < -0.3 is 14.0 Å². The lowest BCUT2D eigenvalue weighted by molar-refractivity contribution is -0.196. The van der Waals surface area contributed by atoms with E-state index in [1.807, 2.05) is 0 Å². The van der Waals surface area contributed by atoms with Gasteiger partial charge in [-0.2, -0.15) is 0 Å². The molecule has 0 N–H and O–H groups in total. The van der Waals surface area contributed by atoms with Gasteiger partial charge in [-0.25, -0.2) is 0 Å². The van der Waals surface area contributed by atoms with Crippen molar-refractivity contribution < 1.29 is 14.0 Å². The Kier molecular flexibility index (Phi) is 10.3. The van der Waals surface area contributed by atoms with E-state index in [4.69, 9.17) is 0 Å². The minimum absolute atomic E-state index is 0.142. The zero-order valence-electron chi connectivity index (χ0n) is 7.79. The van der Waals surface area contributed by atoms with Crippen LogP contribution in [0.3, 0.4) is 0 Å². The first-order valence-electron chi connectivity index (χ1n) is 3.89. The molecule has 0 aromatic heterocycles. The molecule has 0 aliphatic heterocycles. The third-order valence-corrected chi connectivity index (χ3v) is 2.33. The van der Waals surface area contributed by atoms with Crippen LogP contribution in [0.4, 0.5) is 0 Å². The fourth-order valence-corrected chi connectivity index (χ4v) is 1.10. The summed E-state index contributed by atoms with van der Waals surface area (Å²) in [4.78, 5) is 10.4. The summed E-state index contributed by atoms with van der Waals surface area (Å²) in [6.07, 6.45) is 2.01. The highest BCUT2D eigenvalue weighted by Gasteiger charge is 2.00. The summed E-state index contributed by atoms with van der Waals surface area (Å²) < 4.78 is 14.6. The van der Waals surface area contributed by atoms with Crippen molar-refractivity contribution >= 4 is 7.60 Å². The van der Waals surface area contributed by atoms with Gasteiger partial charge in [-0.3, -0.25) is 0 Å². The molecule has 11 heavy (non-hydrogen) atoms. The summed E-state index contributed by atoms with van der Waals surface area (Å²) >= 11 is 0. The van der Waals surface area contributed by atoms with E-state index in [0.29, 0.717) is 6.42 Å². The van der Waals surface area contributed by atoms with E-state index >= 15 is 0 Å². The van der Waals surface area contributed by atoms with Crippen molar-refractivity contribution in [2.24, 2.45) is 0 Å². The van der Waals surface area contributed by atoms with E-state index in [-0.39, 0.29) is 6.16 Å². The number of hydrogen-bond acceptors (Lipinski definition) is 3. The fraction of sp³-hybridized carbons (Fsp3) is 1.00. The van der Waals surface area contributed by atoms with E-state index in [0.717, 1.165) is 0 Å². The Morgan fingerprint density at radius 3 is 1.82 bits per heavy atom. The summed E-state index contributed by atoms with van der Waals surface area (Å²) in [7, 11) is -2.24. The molecule has 0 rings (SSSR count). The molecule has 0 aromatic rings. The normalized spacial score (nSPS) is 14.6. The fourth-order valence-electron chi connectivity index (χ4n) is 0.365. The molecule has 0 saturated carbocycles. The summed E-state index contributed by atoms with van der Waals surface area (Å²) in [6.45, 7) is 6.05. The largest absolute Gasteiger partial charge is 0.779 e. The summed E-state index contributed by atoms with van der Waals surface area (Å²) in [6, 6.07) is 0. The highest BCUT2D eigenvalue weighted by Crippen LogP contribution is 2.35. The minimum Gasteiger partial charge on any atom is -0.779 e. The summed E-state index contributed by atoms with van der Waals surface area (Å²) in [5, 5.41) is 0. The molecule has 70 valence electrons. The molecule has 0 radical (unpaired) electrons. The first kappa shape index (κ1) is 13.7. The average Bonchev–Trinajstić information content (AvgIpc) is 1.90. The van der Waals surface area contributed by atoms with Crippen molar-refractivity contribution in [2.45, 2.75) is 33.6 Å². The van der Waals surface area contributed by atoms with Crippen LogP contribution in [0.25, 0.3) is 0 Å². The molecule has 0 amide bonds. The Morgan fingerprint density at radius 1 is 1.36 bits per heavy atom. The monoisotopic (exact) mass is 181 g/mol. The van der Waals surface area contributed by atoms with E-state index in [9.17, 15) is 9.46 Å². The zero-order chi connectivity index (χ0) is 9.33. The Labute approximate surface area is 69.3 Å². The molecule has 0 saturated heterocycles. The third-order valence-electron chi connectivity index (χ3n) is 0.776. The maximum Gasteiger partial charge on any atom is 0.134 e. The van der Waals surface area contributed by atoms with Gasteiger partial charge in [0.1, 0.15) is 7.60 Å². The van der Waals surface area contributed by atoms with Gasteiger partial charge in [0.25, 0.3) is 0 Å². The molecule has 3 nitrogen and oxygen atoms in total. The van der Waals surface area contributed by atoms with E-state index in [1.54, 1.807) is 6.92 Å². The molecule has 0 heterocycles. The second-order valence-corrected chi connectivity index (χ2v) is 4.26. The lowest BCUT2D eigenvalue weighted by Crippen LogP contribution is -2.05. The highest BCUT2D eigenvalue weighted by atomic mass is 31.2. The van der Waals surface area contributed by atoms with Crippen molar-refractivity contribution in [2.75, 3.05) is 13.3 Å². The van der Waals surface area contributed by atoms with Gasteiger partial charge in [-0.05, 0) is 6.42 Å². The van der Waals surface area contributed by atoms with Gasteiger partial charge in [0.2, 0.25) is 0 Å². The molecule has 0 aliphatic carbocycles. The average molecular weight is 181 g/mol. The van der Waals surface area contributed by atoms with Crippen LogP contribution in [0, 0.1) is 0 Å². The van der Waals surface area contributed by atoms with Crippen molar-refractivity contribution in [3.63, 3.8) is 0 Å². The summed E-state index contributed by atoms with van der Waals surface area (Å²) in [5.41, 5.74) is 0. The standard InChI is InChI=1S/C4H11O3P.C3H8/c1-3-4-8(5,6)7-2;1-3-2/h3-4H2,1-2H3,(H,5,6);3H2,1-2H3/p-1. The molecule has 0 aliphatic rings. The van der Waals surface area contributed by atoms with Gasteiger partial charge in [0.15, 0.2) is 0 Å². The first-order chi connectivity index (χ1) is 5.04. The van der Waals surface area contributed by atoms with Crippen LogP contribution in [-0.2, 0) is 9.09 Å². The van der Waals surface area contributed by atoms with Gasteiger partial charge in [-0.1, -0.05) is 27.2 Å². The van der Waals surface area contributed by atoms with E-state index < -0.39 is 7.60 Å². The van der Waals surface area contributed by atoms with Gasteiger partial charge >= 0.3 is 0 Å². The molecule has 0 bridgehead atoms. The van der Waals surface area contributed by atoms with Crippen LogP contribution in [0.15, 0.2) is 0 Å². The van der Waals surface area contributed by atoms with Crippen LogP contribution in [0.5, 0.6) is 0 Å². The molecule has 4 heteroatoms. The lowest BCUT2D eigenvalue weighted by Gasteiger charge is -2.18. The predicted octanol–water partition coefficient (Wildman–Crippen LogP) is 2.01. The molecular weight excluding hydrogens is 163 g/mol. The van der Waals surface area contributed by atoms with Gasteiger partial charge in [-0.15, -0.1) is 0 Å². The third kappa shape index (κ3) is 13.2. The van der Waals surface area contributed by atoms with Crippen LogP contribution < -0.4 is 4.89 Å². The Hall–Kier alpha value is 0.150. The highest BCUT2D eigenvalue weighted by molar-refractivity contribution is 7.51. The molecule has 0 aromatic carbocycles. The first-order valence-corrected chi connectivity index (χ1v) is 5.62. The molecule has 1 unspecified atom stereocenters. The molecule has 0 spiro atoms. The Bertz CT molecular complexity index is 114. The quantitative estimate of drug-likeness (QED) is 0.626. The minimum atomic E-state index is -3.42. The van der Waals surface area contributed by atoms with Crippen LogP contribution in [-0.4, -0.2) is 13.3 Å². The zero-order valence-corrected chi connectivity index (χ0v) is 8.69. The molecular formula is C7H18O3P-. The van der Waals surface area contributed by atoms with Gasteiger partial charge in [0.05, 0.1) is 0 Å². The predicted molar refractivity (Wildman–Crippen MR) is 45.7 cm³/mol. The van der Waals surface area contributed by atoms with Crippen LogP contribution in [0.2, 0.25) is 0 Å². The topological polar surface area (TPSA) is 49.4 Å².